The second kappa shape index (κ2) is 6.53. The zero-order valence-electron chi connectivity index (χ0n) is 14.4. The maximum absolute atomic E-state index is 12.7. The number of anilines is 1. The quantitative estimate of drug-likeness (QED) is 0.863. The molecule has 1 aliphatic heterocycles. The van der Waals surface area contributed by atoms with E-state index in [2.05, 4.69) is 4.72 Å². The predicted molar refractivity (Wildman–Crippen MR) is 93.4 cm³/mol. The second-order valence-corrected chi connectivity index (χ2v) is 10.4. The summed E-state index contributed by atoms with van der Waals surface area (Å²) in [5.74, 6) is 0.242. The molecule has 0 atom stereocenters. The molecule has 0 spiro atoms. The van der Waals surface area contributed by atoms with Crippen LogP contribution in [-0.4, -0.2) is 41.8 Å². The minimum Gasteiger partial charge on any atom is -0.495 e. The number of ether oxygens (including phenoxy) is 1. The smallest absolute Gasteiger partial charge is 0.244 e. The highest BCUT2D eigenvalue weighted by molar-refractivity contribution is 7.92. The van der Waals surface area contributed by atoms with Crippen molar-refractivity contribution in [1.82, 2.24) is 4.72 Å². The van der Waals surface area contributed by atoms with Crippen LogP contribution >= 0.6 is 0 Å². The Bertz CT molecular complexity index is 811. The molecule has 1 fully saturated rings. The number of rotatable bonds is 4. The molecule has 1 N–H and O–H groups in total. The average Bonchev–Trinajstić information content (AvgIpc) is 2.43. The summed E-state index contributed by atoms with van der Waals surface area (Å²) in [4.78, 5) is -0.0711. The van der Waals surface area contributed by atoms with Gasteiger partial charge in [0.25, 0.3) is 0 Å². The topological polar surface area (TPSA) is 92.8 Å². The van der Waals surface area contributed by atoms with Gasteiger partial charge in [0, 0.05) is 12.1 Å². The van der Waals surface area contributed by atoms with Gasteiger partial charge in [-0.2, -0.15) is 0 Å². The zero-order chi connectivity index (χ0) is 18.2. The second-order valence-electron chi connectivity index (χ2n) is 6.79. The van der Waals surface area contributed by atoms with Gasteiger partial charge in [0.15, 0.2) is 0 Å². The molecule has 1 heterocycles. The molecule has 1 aliphatic rings. The van der Waals surface area contributed by atoms with E-state index < -0.39 is 25.6 Å². The Balaban J connectivity index is 2.52. The Morgan fingerprint density at radius 1 is 1.21 bits per heavy atom. The van der Waals surface area contributed by atoms with E-state index in [0.29, 0.717) is 18.7 Å². The molecule has 0 amide bonds. The zero-order valence-corrected chi connectivity index (χ0v) is 16.0. The Kier molecular flexibility index (Phi) is 5.17. The first-order chi connectivity index (χ1) is 11.0. The summed E-state index contributed by atoms with van der Waals surface area (Å²) in [6.45, 7) is 5.54. The van der Waals surface area contributed by atoms with E-state index in [9.17, 15) is 16.8 Å². The molecular formula is C15H24N2O5S2. The summed E-state index contributed by atoms with van der Waals surface area (Å²) in [6, 6.07) is 4.41. The third-order valence-electron chi connectivity index (χ3n) is 3.51. The van der Waals surface area contributed by atoms with Crippen LogP contribution in [0.1, 0.15) is 33.6 Å². The van der Waals surface area contributed by atoms with Gasteiger partial charge in [0.05, 0.1) is 18.6 Å². The Hall–Kier alpha value is -1.32. The number of nitrogens with zero attached hydrogens (tertiary/aromatic N) is 1. The highest BCUT2D eigenvalue weighted by atomic mass is 32.2. The molecule has 24 heavy (non-hydrogen) atoms. The summed E-state index contributed by atoms with van der Waals surface area (Å²) < 4.78 is 58.8. The number of nitrogens with one attached hydrogen (secondary N) is 1. The van der Waals surface area contributed by atoms with Crippen LogP contribution in [-0.2, 0) is 20.0 Å². The third-order valence-corrected chi connectivity index (χ3v) is 7.16. The Labute approximate surface area is 144 Å². The SMILES string of the molecule is COc1ccc(N2CCCCS2(=O)=O)cc1S(=O)(=O)NC(C)(C)C. The predicted octanol–water partition coefficient (Wildman–Crippen LogP) is 1.70. The Morgan fingerprint density at radius 2 is 1.88 bits per heavy atom. The van der Waals surface area contributed by atoms with Crippen molar-refractivity contribution in [3.63, 3.8) is 0 Å². The van der Waals surface area contributed by atoms with Gasteiger partial charge in [0.1, 0.15) is 10.6 Å². The molecule has 1 saturated heterocycles. The van der Waals surface area contributed by atoms with Crippen LogP contribution in [0.4, 0.5) is 5.69 Å². The van der Waals surface area contributed by atoms with E-state index >= 15 is 0 Å². The standard InChI is InChI=1S/C15H24N2O5S2/c1-15(2,3)16-24(20,21)14-11-12(7-8-13(14)22-4)17-9-5-6-10-23(17,18)19/h7-8,11,16H,5-6,9-10H2,1-4H3. The van der Waals surface area contributed by atoms with Crippen LogP contribution in [0, 0.1) is 0 Å². The summed E-state index contributed by atoms with van der Waals surface area (Å²) >= 11 is 0. The first kappa shape index (κ1) is 19.0. The van der Waals surface area contributed by atoms with Crippen LogP contribution in [0.25, 0.3) is 0 Å². The lowest BCUT2D eigenvalue weighted by atomic mass is 10.1. The van der Waals surface area contributed by atoms with Gasteiger partial charge < -0.3 is 4.74 Å². The van der Waals surface area contributed by atoms with E-state index in [4.69, 9.17) is 4.74 Å². The maximum Gasteiger partial charge on any atom is 0.244 e. The van der Waals surface area contributed by atoms with Crippen LogP contribution < -0.4 is 13.8 Å². The lowest BCUT2D eigenvalue weighted by Crippen LogP contribution is -2.41. The van der Waals surface area contributed by atoms with Crippen molar-refractivity contribution in [3.05, 3.63) is 18.2 Å². The summed E-state index contributed by atoms with van der Waals surface area (Å²) in [5, 5.41) is 0. The van der Waals surface area contributed by atoms with Gasteiger partial charge >= 0.3 is 0 Å². The first-order valence-electron chi connectivity index (χ1n) is 7.69. The third kappa shape index (κ3) is 4.20. The van der Waals surface area contributed by atoms with E-state index in [1.807, 2.05) is 0 Å². The summed E-state index contributed by atoms with van der Waals surface area (Å²) in [5.41, 5.74) is -0.332. The van der Waals surface area contributed by atoms with Crippen molar-refractivity contribution in [2.75, 3.05) is 23.7 Å². The molecule has 0 aromatic heterocycles. The fourth-order valence-electron chi connectivity index (χ4n) is 2.57. The first-order valence-corrected chi connectivity index (χ1v) is 10.8. The van der Waals surface area contributed by atoms with E-state index in [1.54, 1.807) is 26.8 Å². The molecule has 0 radical (unpaired) electrons. The lowest BCUT2D eigenvalue weighted by Gasteiger charge is -2.29. The van der Waals surface area contributed by atoms with E-state index in [1.165, 1.54) is 23.5 Å². The van der Waals surface area contributed by atoms with Crippen molar-refractivity contribution in [2.45, 2.75) is 44.0 Å². The molecule has 1 aromatic rings. The van der Waals surface area contributed by atoms with E-state index in [0.717, 1.165) is 6.42 Å². The van der Waals surface area contributed by atoms with Gasteiger partial charge in [-0.3, -0.25) is 4.31 Å². The lowest BCUT2D eigenvalue weighted by molar-refractivity contribution is 0.401. The molecule has 136 valence electrons. The van der Waals surface area contributed by atoms with Gasteiger partial charge in [-0.25, -0.2) is 21.6 Å². The van der Waals surface area contributed by atoms with Gasteiger partial charge in [-0.05, 0) is 51.8 Å². The van der Waals surface area contributed by atoms with Crippen LogP contribution in [0.3, 0.4) is 0 Å². The van der Waals surface area contributed by atoms with Gasteiger partial charge in [-0.15, -0.1) is 0 Å². The Morgan fingerprint density at radius 3 is 2.42 bits per heavy atom. The van der Waals surface area contributed by atoms with Gasteiger partial charge in [0.2, 0.25) is 20.0 Å². The molecule has 7 nitrogen and oxygen atoms in total. The number of hydrogen-bond acceptors (Lipinski definition) is 5. The van der Waals surface area contributed by atoms with Crippen molar-refractivity contribution in [2.24, 2.45) is 0 Å². The highest BCUT2D eigenvalue weighted by Crippen LogP contribution is 2.32. The minimum atomic E-state index is -3.86. The molecule has 0 aliphatic carbocycles. The van der Waals surface area contributed by atoms with E-state index in [-0.39, 0.29) is 16.4 Å². The van der Waals surface area contributed by atoms with Crippen LogP contribution in [0.15, 0.2) is 23.1 Å². The molecule has 0 saturated carbocycles. The summed E-state index contributed by atoms with van der Waals surface area (Å²) in [6.07, 6.45) is 1.36. The number of methoxy groups -OCH3 is 1. The fourth-order valence-corrected chi connectivity index (χ4v) is 5.81. The number of benzene rings is 1. The monoisotopic (exact) mass is 376 g/mol. The average molecular weight is 377 g/mol. The van der Waals surface area contributed by atoms with Crippen molar-refractivity contribution in [3.8, 4) is 5.75 Å². The van der Waals surface area contributed by atoms with Crippen LogP contribution in [0.2, 0.25) is 0 Å². The molecular weight excluding hydrogens is 352 g/mol. The normalized spacial score (nSPS) is 18.4. The van der Waals surface area contributed by atoms with Crippen molar-refractivity contribution >= 4 is 25.7 Å². The fraction of sp³-hybridized carbons (Fsp3) is 0.600. The molecule has 0 unspecified atom stereocenters. The highest BCUT2D eigenvalue weighted by Gasteiger charge is 2.30. The number of hydrogen-bond donors (Lipinski definition) is 1. The molecule has 9 heteroatoms. The van der Waals surface area contributed by atoms with Crippen molar-refractivity contribution in [1.29, 1.82) is 0 Å². The maximum atomic E-state index is 12.7. The largest absolute Gasteiger partial charge is 0.495 e. The molecule has 2 rings (SSSR count). The van der Waals surface area contributed by atoms with Crippen molar-refractivity contribution < 1.29 is 21.6 Å². The van der Waals surface area contributed by atoms with Gasteiger partial charge in [-0.1, -0.05) is 0 Å². The van der Waals surface area contributed by atoms with Crippen LogP contribution in [0.5, 0.6) is 5.75 Å². The molecule has 0 bridgehead atoms. The number of sulfonamides is 2. The minimum absolute atomic E-state index is 0.0708. The summed E-state index contributed by atoms with van der Waals surface area (Å²) in [7, 11) is -5.89. The molecule has 1 aromatic carbocycles.